The summed E-state index contributed by atoms with van der Waals surface area (Å²) in [6, 6.07) is 0. The van der Waals surface area contributed by atoms with Crippen LogP contribution in [0.1, 0.15) is 0 Å². The van der Waals surface area contributed by atoms with E-state index in [4.69, 9.17) is 9.84 Å². The van der Waals surface area contributed by atoms with Crippen molar-refractivity contribution in [3.63, 3.8) is 0 Å². The Hall–Kier alpha value is -0.860. The molecule has 2 nitrogen and oxygen atoms in total. The summed E-state index contributed by atoms with van der Waals surface area (Å²) >= 11 is 0. The van der Waals surface area contributed by atoms with Gasteiger partial charge in [-0.25, -0.2) is 0 Å². The van der Waals surface area contributed by atoms with E-state index >= 15 is 0 Å². The molecule has 11 heavy (non-hydrogen) atoms. The number of hydrogen-bond acceptors (Lipinski definition) is 2. The highest BCUT2D eigenvalue weighted by atomic mass is 16.5. The molecule has 0 rings (SSSR count). The maximum Gasteiger partial charge on any atom is 0.0649 e. The zero-order valence-electron chi connectivity index (χ0n) is 6.83. The molecule has 0 aromatic rings. The van der Waals surface area contributed by atoms with Crippen molar-refractivity contribution in [2.75, 3.05) is 19.8 Å². The Bertz CT molecular complexity index is 89.7. The molecule has 0 bridgehead atoms. The Morgan fingerprint density at radius 2 is 1.36 bits per heavy atom. The molecule has 0 spiro atoms. The Balaban J connectivity index is 0. The van der Waals surface area contributed by atoms with Gasteiger partial charge in [-0.3, -0.25) is 0 Å². The molecule has 0 radical (unpaired) electrons. The first-order chi connectivity index (χ1) is 5.33. The van der Waals surface area contributed by atoms with E-state index in [2.05, 4.69) is 19.7 Å². The predicted molar refractivity (Wildman–Crippen MR) is 48.5 cm³/mol. The van der Waals surface area contributed by atoms with Crippen LogP contribution in [-0.2, 0) is 4.74 Å². The van der Waals surface area contributed by atoms with E-state index in [0.29, 0.717) is 13.2 Å². The number of aliphatic hydroxyl groups excluding tert-OH is 1. The maximum absolute atomic E-state index is 7.76. The topological polar surface area (TPSA) is 29.5 Å². The van der Waals surface area contributed by atoms with Crippen molar-refractivity contribution in [3.05, 3.63) is 38.0 Å². The second-order valence-electron chi connectivity index (χ2n) is 1.59. The van der Waals surface area contributed by atoms with Crippen LogP contribution in [0.25, 0.3) is 0 Å². The molecule has 0 saturated heterocycles. The zero-order valence-corrected chi connectivity index (χ0v) is 6.83. The molecule has 0 unspecified atom stereocenters. The normalized spacial score (nSPS) is 7.36. The van der Waals surface area contributed by atoms with Crippen LogP contribution in [0.15, 0.2) is 38.0 Å². The van der Waals surface area contributed by atoms with Crippen molar-refractivity contribution in [2.45, 2.75) is 0 Å². The third-order valence-electron chi connectivity index (χ3n) is 0.601. The van der Waals surface area contributed by atoms with Crippen molar-refractivity contribution in [3.8, 4) is 0 Å². The summed E-state index contributed by atoms with van der Waals surface area (Å²) in [6.45, 7) is 11.5. The molecular formula is C9H16O2. The van der Waals surface area contributed by atoms with Gasteiger partial charge >= 0.3 is 0 Å². The standard InChI is InChI=1S/C6H10O.C3H6O/c1-3-5-7-6-4-2;1-2-3-4/h3-4H,1-2,5-6H2;2,4H,1,3H2. The zero-order chi connectivity index (χ0) is 8.95. The van der Waals surface area contributed by atoms with Crippen molar-refractivity contribution < 1.29 is 9.84 Å². The van der Waals surface area contributed by atoms with Crippen molar-refractivity contribution in [1.29, 1.82) is 0 Å². The molecule has 0 fully saturated rings. The van der Waals surface area contributed by atoms with Crippen LogP contribution in [0.5, 0.6) is 0 Å². The molecule has 2 heteroatoms. The summed E-state index contributed by atoms with van der Waals surface area (Å²) in [6.07, 6.45) is 4.85. The lowest BCUT2D eigenvalue weighted by Crippen LogP contribution is -1.87. The van der Waals surface area contributed by atoms with E-state index < -0.39 is 0 Å². The summed E-state index contributed by atoms with van der Waals surface area (Å²) in [4.78, 5) is 0. The first-order valence-corrected chi connectivity index (χ1v) is 3.34. The Kier molecular flexibility index (Phi) is 18.7. The average molecular weight is 156 g/mol. The van der Waals surface area contributed by atoms with Gasteiger partial charge in [0.1, 0.15) is 0 Å². The van der Waals surface area contributed by atoms with Gasteiger partial charge in [0.15, 0.2) is 0 Å². The lowest BCUT2D eigenvalue weighted by Gasteiger charge is -1.89. The monoisotopic (exact) mass is 156 g/mol. The molecule has 0 saturated carbocycles. The highest BCUT2D eigenvalue weighted by Gasteiger charge is 1.70. The highest BCUT2D eigenvalue weighted by molar-refractivity contribution is 4.68. The van der Waals surface area contributed by atoms with Gasteiger partial charge in [0.05, 0.1) is 19.8 Å². The summed E-state index contributed by atoms with van der Waals surface area (Å²) < 4.78 is 4.90. The van der Waals surface area contributed by atoms with E-state index in [1.807, 2.05) is 0 Å². The molecule has 0 aliphatic rings. The predicted octanol–water partition coefficient (Wildman–Crippen LogP) is 1.54. The number of hydrogen-bond donors (Lipinski definition) is 1. The van der Waals surface area contributed by atoms with Gasteiger partial charge in [-0.15, -0.1) is 19.7 Å². The first-order valence-electron chi connectivity index (χ1n) is 3.34. The quantitative estimate of drug-likeness (QED) is 0.483. The smallest absolute Gasteiger partial charge is 0.0649 e. The largest absolute Gasteiger partial charge is 0.392 e. The van der Waals surface area contributed by atoms with Crippen LogP contribution < -0.4 is 0 Å². The van der Waals surface area contributed by atoms with Crippen molar-refractivity contribution in [1.82, 2.24) is 0 Å². The van der Waals surface area contributed by atoms with Gasteiger partial charge in [0.25, 0.3) is 0 Å². The summed E-state index contributed by atoms with van der Waals surface area (Å²) in [7, 11) is 0. The van der Waals surface area contributed by atoms with E-state index in [0.717, 1.165) is 0 Å². The van der Waals surface area contributed by atoms with Crippen LogP contribution >= 0.6 is 0 Å². The van der Waals surface area contributed by atoms with E-state index in [-0.39, 0.29) is 6.61 Å². The molecule has 0 aliphatic carbocycles. The SMILES string of the molecule is C=CCO.C=CCOCC=C. The molecule has 0 amide bonds. The second kappa shape index (κ2) is 16.1. The van der Waals surface area contributed by atoms with Gasteiger partial charge in [-0.2, -0.15) is 0 Å². The van der Waals surface area contributed by atoms with E-state index in [1.54, 1.807) is 12.2 Å². The Morgan fingerprint density at radius 1 is 1.00 bits per heavy atom. The Morgan fingerprint density at radius 3 is 1.55 bits per heavy atom. The van der Waals surface area contributed by atoms with Gasteiger partial charge in [0, 0.05) is 0 Å². The fourth-order valence-corrected chi connectivity index (χ4v) is 0.235. The fourth-order valence-electron chi connectivity index (χ4n) is 0.235. The molecule has 0 atom stereocenters. The second-order valence-corrected chi connectivity index (χ2v) is 1.59. The van der Waals surface area contributed by atoms with Gasteiger partial charge in [-0.05, 0) is 0 Å². The van der Waals surface area contributed by atoms with E-state index in [9.17, 15) is 0 Å². The van der Waals surface area contributed by atoms with Crippen LogP contribution in [0.2, 0.25) is 0 Å². The molecule has 0 heterocycles. The van der Waals surface area contributed by atoms with Crippen LogP contribution in [0.4, 0.5) is 0 Å². The van der Waals surface area contributed by atoms with Gasteiger partial charge < -0.3 is 9.84 Å². The third kappa shape index (κ3) is 27.2. The first kappa shape index (κ1) is 12.8. The fraction of sp³-hybridized carbons (Fsp3) is 0.333. The number of ether oxygens (including phenoxy) is 1. The molecule has 64 valence electrons. The van der Waals surface area contributed by atoms with E-state index in [1.165, 1.54) is 6.08 Å². The lowest BCUT2D eigenvalue weighted by molar-refractivity contribution is 0.194. The maximum atomic E-state index is 7.76. The summed E-state index contributed by atoms with van der Waals surface area (Å²) in [5, 5.41) is 7.76. The number of aliphatic hydroxyl groups is 1. The molecule has 0 aromatic carbocycles. The molecule has 1 N–H and O–H groups in total. The van der Waals surface area contributed by atoms with Crippen LogP contribution in [0, 0.1) is 0 Å². The highest BCUT2D eigenvalue weighted by Crippen LogP contribution is 1.72. The van der Waals surface area contributed by atoms with Gasteiger partial charge in [-0.1, -0.05) is 18.2 Å². The lowest BCUT2D eigenvalue weighted by atomic mass is 10.6. The Labute approximate surface area is 68.5 Å². The minimum absolute atomic E-state index is 0.0833. The molecule has 0 aromatic heterocycles. The summed E-state index contributed by atoms with van der Waals surface area (Å²) in [5.41, 5.74) is 0. The number of rotatable bonds is 5. The van der Waals surface area contributed by atoms with Crippen molar-refractivity contribution in [2.24, 2.45) is 0 Å². The van der Waals surface area contributed by atoms with Gasteiger partial charge in [0.2, 0.25) is 0 Å². The molecule has 0 aliphatic heterocycles. The third-order valence-corrected chi connectivity index (χ3v) is 0.601. The average Bonchev–Trinajstić information content (AvgIpc) is 2.06. The van der Waals surface area contributed by atoms with Crippen molar-refractivity contribution >= 4 is 0 Å². The van der Waals surface area contributed by atoms with Crippen LogP contribution in [0.3, 0.4) is 0 Å². The van der Waals surface area contributed by atoms with Crippen LogP contribution in [-0.4, -0.2) is 24.9 Å². The molecular weight excluding hydrogens is 140 g/mol. The summed E-state index contributed by atoms with van der Waals surface area (Å²) in [5.74, 6) is 0. The minimum atomic E-state index is 0.0833. The minimum Gasteiger partial charge on any atom is -0.392 e.